The molecule has 0 amide bonds. The van der Waals surface area contributed by atoms with Gasteiger partial charge in [-0.15, -0.1) is 0 Å². The Hall–Kier alpha value is -1.08. The first kappa shape index (κ1) is 11.0. The van der Waals surface area contributed by atoms with E-state index in [0.717, 1.165) is 0 Å². The maximum atomic E-state index is 12.7. The van der Waals surface area contributed by atoms with E-state index in [1.165, 1.54) is 6.92 Å². The maximum absolute atomic E-state index is 12.7. The molecule has 14 heavy (non-hydrogen) atoms. The normalized spacial score (nSPS) is 22.7. The summed E-state index contributed by atoms with van der Waals surface area (Å²) in [6, 6.07) is -4.89. The molecule has 1 aliphatic heterocycles. The van der Waals surface area contributed by atoms with Crippen LogP contribution in [0.5, 0.6) is 0 Å². The fraction of sp³-hybridized carbons (Fsp3) is 0.833. The number of hydrazone groups is 1. The lowest BCUT2D eigenvalue weighted by Crippen LogP contribution is -2.55. The van der Waals surface area contributed by atoms with Gasteiger partial charge in [0.1, 0.15) is 12.5 Å². The van der Waals surface area contributed by atoms with Gasteiger partial charge in [0.15, 0.2) is 0 Å². The Morgan fingerprint density at radius 1 is 1.36 bits per heavy atom. The fourth-order valence-corrected chi connectivity index (χ4v) is 1.03. The highest BCUT2D eigenvalue weighted by Gasteiger charge is 2.63. The van der Waals surface area contributed by atoms with Crippen molar-refractivity contribution < 1.29 is 22.0 Å². The number of rotatable bonds is 2. The summed E-state index contributed by atoms with van der Waals surface area (Å²) < 4.78 is 61.2. The average Bonchev–Trinajstić information content (AvgIpc) is 2.49. The van der Waals surface area contributed by atoms with Crippen LogP contribution in [0.2, 0.25) is 0 Å². The fourth-order valence-electron chi connectivity index (χ4n) is 1.03. The quantitative estimate of drug-likeness (QED) is 0.563. The molecule has 1 unspecified atom stereocenters. The van der Waals surface area contributed by atoms with Gasteiger partial charge in [-0.2, -0.15) is 27.1 Å². The highest BCUT2D eigenvalue weighted by atomic mass is 19.4. The Morgan fingerprint density at radius 2 is 1.93 bits per heavy atom. The van der Waals surface area contributed by atoms with Crippen LogP contribution in [0, 0.1) is 0 Å². The lowest BCUT2D eigenvalue weighted by atomic mass is 10.3. The van der Waals surface area contributed by atoms with Crippen LogP contribution < -0.4 is 5.43 Å². The van der Waals surface area contributed by atoms with Crippen molar-refractivity contribution in [1.29, 1.82) is 0 Å². The van der Waals surface area contributed by atoms with Crippen LogP contribution in [0.15, 0.2) is 5.10 Å². The Morgan fingerprint density at radius 3 is 2.36 bits per heavy atom. The Kier molecular flexibility index (Phi) is 2.55. The summed E-state index contributed by atoms with van der Waals surface area (Å²) in [5, 5.41) is 3.17. The number of nitrogens with one attached hydrogen (secondary N) is 1. The van der Waals surface area contributed by atoms with Gasteiger partial charge in [0.05, 0.1) is 0 Å². The zero-order valence-corrected chi connectivity index (χ0v) is 7.15. The first-order valence-corrected chi connectivity index (χ1v) is 3.82. The van der Waals surface area contributed by atoms with E-state index < -0.39 is 18.4 Å². The standard InChI is InChI=1S/C6H8F5N3/c1-2-4-13-12-3-14(4)6(10,11)5(7,8)9/h3-4,13H,2H2,1H3. The van der Waals surface area contributed by atoms with Crippen LogP contribution in [0.25, 0.3) is 0 Å². The van der Waals surface area contributed by atoms with Gasteiger partial charge in [0, 0.05) is 0 Å². The third kappa shape index (κ3) is 1.60. The van der Waals surface area contributed by atoms with Crippen LogP contribution in [0.4, 0.5) is 22.0 Å². The van der Waals surface area contributed by atoms with Gasteiger partial charge in [0.2, 0.25) is 0 Å². The molecule has 1 N–H and O–H groups in total. The summed E-state index contributed by atoms with van der Waals surface area (Å²) in [5.41, 5.74) is 2.15. The van der Waals surface area contributed by atoms with E-state index in [0.29, 0.717) is 6.34 Å². The highest BCUT2D eigenvalue weighted by molar-refractivity contribution is 5.58. The van der Waals surface area contributed by atoms with Crippen molar-refractivity contribution in [2.45, 2.75) is 31.7 Å². The second kappa shape index (κ2) is 3.25. The number of alkyl halides is 5. The van der Waals surface area contributed by atoms with E-state index in [9.17, 15) is 22.0 Å². The zero-order chi connectivity index (χ0) is 11.0. The summed E-state index contributed by atoms with van der Waals surface area (Å²) in [6.45, 7) is 1.48. The summed E-state index contributed by atoms with van der Waals surface area (Å²) in [7, 11) is 0. The topological polar surface area (TPSA) is 27.6 Å². The van der Waals surface area contributed by atoms with E-state index in [-0.39, 0.29) is 11.3 Å². The molecule has 0 aromatic heterocycles. The molecule has 8 heteroatoms. The predicted molar refractivity (Wildman–Crippen MR) is 38.5 cm³/mol. The molecule has 3 nitrogen and oxygen atoms in total. The summed E-state index contributed by atoms with van der Waals surface area (Å²) >= 11 is 0. The molecule has 1 atom stereocenters. The number of hydrogen-bond donors (Lipinski definition) is 1. The molecule has 1 aliphatic rings. The van der Waals surface area contributed by atoms with Crippen LogP contribution in [-0.4, -0.2) is 29.6 Å². The van der Waals surface area contributed by atoms with Gasteiger partial charge >= 0.3 is 12.2 Å². The van der Waals surface area contributed by atoms with Crippen LogP contribution in [0.3, 0.4) is 0 Å². The van der Waals surface area contributed by atoms with Gasteiger partial charge < -0.3 is 0 Å². The summed E-state index contributed by atoms with van der Waals surface area (Å²) in [5.74, 6) is 0. The average molecular weight is 217 g/mol. The van der Waals surface area contributed by atoms with E-state index >= 15 is 0 Å². The van der Waals surface area contributed by atoms with Gasteiger partial charge in [-0.05, 0) is 6.42 Å². The molecule has 0 aromatic carbocycles. The maximum Gasteiger partial charge on any atom is 0.475 e. The minimum atomic E-state index is -5.60. The first-order chi connectivity index (χ1) is 6.30. The van der Waals surface area contributed by atoms with Crippen LogP contribution >= 0.6 is 0 Å². The van der Waals surface area contributed by atoms with Gasteiger partial charge in [-0.1, -0.05) is 6.92 Å². The molecule has 0 bridgehead atoms. The van der Waals surface area contributed by atoms with Crippen molar-refractivity contribution >= 4 is 6.34 Å². The lowest BCUT2D eigenvalue weighted by molar-refractivity contribution is -0.330. The summed E-state index contributed by atoms with van der Waals surface area (Å²) in [6.07, 6.45) is -6.17. The molecule has 0 aliphatic carbocycles. The molecule has 0 spiro atoms. The van der Waals surface area contributed by atoms with Gasteiger partial charge in [-0.25, -0.2) is 0 Å². The first-order valence-electron chi connectivity index (χ1n) is 3.82. The van der Waals surface area contributed by atoms with E-state index in [1.54, 1.807) is 0 Å². The van der Waals surface area contributed by atoms with Crippen molar-refractivity contribution in [3.63, 3.8) is 0 Å². The van der Waals surface area contributed by atoms with Crippen molar-refractivity contribution in [2.24, 2.45) is 5.10 Å². The van der Waals surface area contributed by atoms with E-state index in [2.05, 4.69) is 10.5 Å². The monoisotopic (exact) mass is 217 g/mol. The molecular formula is C6H8F5N3. The Bertz CT molecular complexity index is 236. The third-order valence-electron chi connectivity index (χ3n) is 1.79. The number of halogens is 5. The van der Waals surface area contributed by atoms with Gasteiger partial charge in [-0.3, -0.25) is 10.3 Å². The number of nitrogens with zero attached hydrogens (tertiary/aromatic N) is 2. The van der Waals surface area contributed by atoms with Crippen molar-refractivity contribution in [2.75, 3.05) is 0 Å². The molecule has 0 saturated carbocycles. The molecule has 82 valence electrons. The summed E-state index contributed by atoms with van der Waals surface area (Å²) in [4.78, 5) is -0.132. The van der Waals surface area contributed by atoms with Crippen molar-refractivity contribution in [3.8, 4) is 0 Å². The predicted octanol–water partition coefficient (Wildman–Crippen LogP) is 1.73. The molecule has 0 aromatic rings. The third-order valence-corrected chi connectivity index (χ3v) is 1.79. The van der Waals surface area contributed by atoms with Crippen molar-refractivity contribution in [3.05, 3.63) is 0 Å². The Labute approximate surface area is 76.6 Å². The van der Waals surface area contributed by atoms with Crippen molar-refractivity contribution in [1.82, 2.24) is 10.3 Å². The smallest absolute Gasteiger partial charge is 0.286 e. The highest BCUT2D eigenvalue weighted by Crippen LogP contribution is 2.39. The second-order valence-electron chi connectivity index (χ2n) is 2.74. The Balaban J connectivity index is 2.86. The van der Waals surface area contributed by atoms with Crippen LogP contribution in [-0.2, 0) is 0 Å². The molecule has 0 radical (unpaired) electrons. The minimum Gasteiger partial charge on any atom is -0.286 e. The number of hydrogen-bond acceptors (Lipinski definition) is 3. The largest absolute Gasteiger partial charge is 0.475 e. The second-order valence-corrected chi connectivity index (χ2v) is 2.74. The minimum absolute atomic E-state index is 0.0890. The zero-order valence-electron chi connectivity index (χ0n) is 7.15. The molecule has 1 rings (SSSR count). The van der Waals surface area contributed by atoms with E-state index in [4.69, 9.17) is 0 Å². The van der Waals surface area contributed by atoms with Crippen LogP contribution in [0.1, 0.15) is 13.3 Å². The SMILES string of the molecule is CCC1NN=CN1C(F)(F)C(F)(F)F. The molecule has 0 fully saturated rings. The van der Waals surface area contributed by atoms with Gasteiger partial charge in [0.25, 0.3) is 0 Å². The molecule has 1 heterocycles. The molecular weight excluding hydrogens is 209 g/mol. The lowest BCUT2D eigenvalue weighted by Gasteiger charge is -2.31. The molecule has 0 saturated heterocycles. The van der Waals surface area contributed by atoms with E-state index in [1.807, 2.05) is 0 Å².